The van der Waals surface area contributed by atoms with E-state index < -0.39 is 12.3 Å². The van der Waals surface area contributed by atoms with Crippen molar-refractivity contribution in [3.63, 3.8) is 0 Å². The summed E-state index contributed by atoms with van der Waals surface area (Å²) in [5.74, 6) is -0.144. The summed E-state index contributed by atoms with van der Waals surface area (Å²) >= 11 is 0. The van der Waals surface area contributed by atoms with Gasteiger partial charge in [0.2, 0.25) is 5.91 Å². The molecule has 0 saturated carbocycles. The van der Waals surface area contributed by atoms with Gasteiger partial charge in [-0.3, -0.25) is 4.79 Å². The summed E-state index contributed by atoms with van der Waals surface area (Å²) in [6.07, 6.45) is -0.0380. The average molecular weight is 325 g/mol. The number of carbonyl (C=O) groups excluding carboxylic acids is 1. The molecule has 2 N–H and O–H groups in total. The standard InChI is InChI=1S/C17H28NO3P/c1-13(2)15(11-19)18-16(20)12-22(21,17(3,4)5)14-9-7-6-8-10-14/h6-10,13,15,19H,11-12H2,1-5H3,(H,18,20)/t15-,22?/m1/s1. The first-order valence-corrected chi connectivity index (χ1v) is 9.56. The molecule has 124 valence electrons. The van der Waals surface area contributed by atoms with E-state index in [2.05, 4.69) is 5.32 Å². The normalized spacial score (nSPS) is 16.1. The van der Waals surface area contributed by atoms with Crippen LogP contribution in [0.1, 0.15) is 34.6 Å². The Hall–Kier alpha value is -1.12. The van der Waals surface area contributed by atoms with E-state index in [-0.39, 0.29) is 30.6 Å². The number of hydrogen-bond acceptors (Lipinski definition) is 3. The third-order valence-corrected chi connectivity index (χ3v) is 8.00. The summed E-state index contributed by atoms with van der Waals surface area (Å²) in [6.45, 7) is 9.46. The van der Waals surface area contributed by atoms with Crippen molar-refractivity contribution >= 4 is 18.4 Å². The molecular weight excluding hydrogens is 297 g/mol. The second-order valence-electron chi connectivity index (χ2n) is 7.00. The molecule has 0 aliphatic carbocycles. The zero-order chi connectivity index (χ0) is 17.0. The van der Waals surface area contributed by atoms with Crippen molar-refractivity contribution in [3.8, 4) is 0 Å². The molecule has 0 aromatic heterocycles. The minimum absolute atomic E-state index is 0.0380. The van der Waals surface area contributed by atoms with Gasteiger partial charge in [-0.25, -0.2) is 0 Å². The van der Waals surface area contributed by atoms with Gasteiger partial charge in [0.25, 0.3) is 0 Å². The van der Waals surface area contributed by atoms with Gasteiger partial charge >= 0.3 is 0 Å². The Kier molecular flexibility index (Phi) is 6.39. The fourth-order valence-electron chi connectivity index (χ4n) is 2.26. The van der Waals surface area contributed by atoms with Gasteiger partial charge in [-0.05, 0) is 5.92 Å². The van der Waals surface area contributed by atoms with Gasteiger partial charge in [0, 0.05) is 10.5 Å². The van der Waals surface area contributed by atoms with Gasteiger partial charge in [-0.2, -0.15) is 0 Å². The van der Waals surface area contributed by atoms with Crippen molar-refractivity contribution in [1.82, 2.24) is 5.32 Å². The summed E-state index contributed by atoms with van der Waals surface area (Å²) in [6, 6.07) is 8.90. The third-order valence-electron chi connectivity index (χ3n) is 3.97. The second-order valence-corrected chi connectivity index (χ2v) is 10.7. The number of hydrogen-bond donors (Lipinski definition) is 2. The molecule has 0 spiro atoms. The summed E-state index contributed by atoms with van der Waals surface area (Å²) in [7, 11) is -2.90. The molecule has 1 rings (SSSR count). The number of rotatable bonds is 6. The van der Waals surface area contributed by atoms with Crippen molar-refractivity contribution < 1.29 is 14.5 Å². The van der Waals surface area contributed by atoms with Crippen LogP contribution in [0.3, 0.4) is 0 Å². The molecule has 0 saturated heterocycles. The molecule has 1 amide bonds. The molecule has 0 fully saturated rings. The number of nitrogens with one attached hydrogen (secondary N) is 1. The van der Waals surface area contributed by atoms with Gasteiger partial charge in [-0.1, -0.05) is 65.0 Å². The topological polar surface area (TPSA) is 66.4 Å². The molecule has 0 aliphatic rings. The van der Waals surface area contributed by atoms with E-state index in [1.807, 2.05) is 65.0 Å². The molecule has 5 heteroatoms. The average Bonchev–Trinajstić information content (AvgIpc) is 2.44. The van der Waals surface area contributed by atoms with Gasteiger partial charge < -0.3 is 15.0 Å². The maximum absolute atomic E-state index is 13.6. The summed E-state index contributed by atoms with van der Waals surface area (Å²) < 4.78 is 13.6. The van der Waals surface area contributed by atoms with Crippen molar-refractivity contribution in [2.24, 2.45) is 5.92 Å². The molecule has 0 bridgehead atoms. The van der Waals surface area contributed by atoms with Crippen LogP contribution in [-0.2, 0) is 9.36 Å². The van der Waals surface area contributed by atoms with E-state index in [1.165, 1.54) is 0 Å². The lowest BCUT2D eigenvalue weighted by Gasteiger charge is -2.32. The van der Waals surface area contributed by atoms with Crippen LogP contribution in [0.25, 0.3) is 0 Å². The smallest absolute Gasteiger partial charge is 0.228 e. The van der Waals surface area contributed by atoms with E-state index in [0.29, 0.717) is 0 Å². The Balaban J connectivity index is 3.02. The van der Waals surface area contributed by atoms with Crippen LogP contribution in [0.15, 0.2) is 30.3 Å². The molecule has 0 aliphatic heterocycles. The Morgan fingerprint density at radius 3 is 2.18 bits per heavy atom. The Labute approximate surface area is 133 Å². The van der Waals surface area contributed by atoms with Crippen LogP contribution in [0.2, 0.25) is 0 Å². The molecule has 1 aromatic rings. The predicted molar refractivity (Wildman–Crippen MR) is 92.2 cm³/mol. The number of aliphatic hydroxyl groups is 1. The van der Waals surface area contributed by atoms with E-state index in [0.717, 1.165) is 5.30 Å². The maximum Gasteiger partial charge on any atom is 0.228 e. The highest BCUT2D eigenvalue weighted by atomic mass is 31.2. The van der Waals surface area contributed by atoms with Gasteiger partial charge in [-0.15, -0.1) is 0 Å². The van der Waals surface area contributed by atoms with E-state index in [9.17, 15) is 14.5 Å². The molecule has 22 heavy (non-hydrogen) atoms. The first-order valence-electron chi connectivity index (χ1n) is 7.67. The highest BCUT2D eigenvalue weighted by Crippen LogP contribution is 2.56. The summed E-state index contributed by atoms with van der Waals surface area (Å²) in [5, 5.41) is 12.4. The zero-order valence-electron chi connectivity index (χ0n) is 14.2. The lowest BCUT2D eigenvalue weighted by Crippen LogP contribution is -2.43. The third kappa shape index (κ3) is 4.44. The number of carbonyl (C=O) groups is 1. The van der Waals surface area contributed by atoms with Crippen LogP contribution in [0, 0.1) is 5.92 Å². The first kappa shape index (κ1) is 18.9. The minimum Gasteiger partial charge on any atom is -0.394 e. The molecule has 4 nitrogen and oxygen atoms in total. The Morgan fingerprint density at radius 2 is 1.77 bits per heavy atom. The van der Waals surface area contributed by atoms with Gasteiger partial charge in [0.1, 0.15) is 7.14 Å². The minimum atomic E-state index is -2.90. The predicted octanol–water partition coefficient (Wildman–Crippen LogP) is 2.61. The molecule has 0 radical (unpaired) electrons. The number of amides is 1. The highest BCUT2D eigenvalue weighted by Gasteiger charge is 2.40. The molecular formula is C17H28NO3P. The Morgan fingerprint density at radius 1 is 1.23 bits per heavy atom. The molecule has 2 atom stereocenters. The maximum atomic E-state index is 13.6. The van der Waals surface area contributed by atoms with Crippen LogP contribution < -0.4 is 10.6 Å². The lowest BCUT2D eigenvalue weighted by molar-refractivity contribution is -0.120. The van der Waals surface area contributed by atoms with Crippen LogP contribution in [0.4, 0.5) is 0 Å². The second kappa shape index (κ2) is 7.43. The lowest BCUT2D eigenvalue weighted by atomic mass is 10.1. The van der Waals surface area contributed by atoms with E-state index >= 15 is 0 Å². The first-order chi connectivity index (χ1) is 10.1. The summed E-state index contributed by atoms with van der Waals surface area (Å²) in [5.41, 5.74) is 0. The fraction of sp³-hybridized carbons (Fsp3) is 0.588. The largest absolute Gasteiger partial charge is 0.394 e. The number of benzene rings is 1. The van der Waals surface area contributed by atoms with Crippen molar-refractivity contribution in [2.45, 2.75) is 45.8 Å². The van der Waals surface area contributed by atoms with E-state index in [4.69, 9.17) is 0 Å². The van der Waals surface area contributed by atoms with Crippen molar-refractivity contribution in [2.75, 3.05) is 12.8 Å². The SMILES string of the molecule is CC(C)[C@@H](CO)NC(=O)CP(=O)(c1ccccc1)C(C)(C)C. The van der Waals surface area contributed by atoms with Crippen molar-refractivity contribution in [3.05, 3.63) is 30.3 Å². The van der Waals surface area contributed by atoms with Gasteiger partial charge in [0.05, 0.1) is 18.8 Å². The quantitative estimate of drug-likeness (QED) is 0.790. The number of aliphatic hydroxyl groups excluding tert-OH is 1. The van der Waals surface area contributed by atoms with Crippen LogP contribution in [0.5, 0.6) is 0 Å². The van der Waals surface area contributed by atoms with E-state index in [1.54, 1.807) is 0 Å². The fourth-order valence-corrected chi connectivity index (χ4v) is 4.84. The zero-order valence-corrected chi connectivity index (χ0v) is 15.1. The molecule has 0 heterocycles. The van der Waals surface area contributed by atoms with Gasteiger partial charge in [0.15, 0.2) is 0 Å². The Bertz CT molecular complexity index is 535. The van der Waals surface area contributed by atoms with Crippen LogP contribution in [-0.4, -0.2) is 35.0 Å². The van der Waals surface area contributed by atoms with Crippen LogP contribution >= 0.6 is 7.14 Å². The van der Waals surface area contributed by atoms with Crippen molar-refractivity contribution in [1.29, 1.82) is 0 Å². The molecule has 1 aromatic carbocycles. The molecule has 1 unspecified atom stereocenters. The highest BCUT2D eigenvalue weighted by molar-refractivity contribution is 7.73. The monoisotopic (exact) mass is 325 g/mol. The summed E-state index contributed by atoms with van der Waals surface area (Å²) in [4.78, 5) is 12.4.